The molecule has 42 heavy (non-hydrogen) atoms. The fourth-order valence-electron chi connectivity index (χ4n) is 5.08. The third-order valence-corrected chi connectivity index (χ3v) is 6.90. The van der Waals surface area contributed by atoms with E-state index >= 15 is 0 Å². The third kappa shape index (κ3) is 8.34. The van der Waals surface area contributed by atoms with Crippen molar-refractivity contribution in [2.24, 2.45) is 0 Å². The minimum absolute atomic E-state index is 0.160. The molecule has 4 aromatic rings. The largest absolute Gasteiger partial charge is 0.508 e. The summed E-state index contributed by atoms with van der Waals surface area (Å²) in [5, 5.41) is 9.94. The number of phenols is 1. The normalized spacial score (nSPS) is 13.4. The molecule has 0 aliphatic carbocycles. The fourth-order valence-corrected chi connectivity index (χ4v) is 5.08. The lowest BCUT2D eigenvalue weighted by molar-refractivity contribution is -0.140. The lowest BCUT2D eigenvalue weighted by Crippen LogP contribution is -2.20. The summed E-state index contributed by atoms with van der Waals surface area (Å²) >= 11 is 0. The number of hydrogen-bond acceptors (Lipinski definition) is 4. The highest BCUT2D eigenvalue weighted by Gasteiger charge is 2.21. The molecule has 0 unspecified atom stereocenters. The van der Waals surface area contributed by atoms with Crippen molar-refractivity contribution in [1.29, 1.82) is 0 Å². The zero-order chi connectivity index (χ0) is 29.7. The first-order valence-electron chi connectivity index (χ1n) is 14.5. The van der Waals surface area contributed by atoms with E-state index in [1.165, 1.54) is 34.9 Å². The van der Waals surface area contributed by atoms with Crippen molar-refractivity contribution in [3.05, 3.63) is 162 Å². The summed E-state index contributed by atoms with van der Waals surface area (Å²) in [4.78, 5) is 12.2. The molecule has 1 N–H and O–H groups in total. The second-order valence-electron chi connectivity index (χ2n) is 10.1. The molecular formula is C38H39NO3. The number of carbonyl (C=O) groups excluding carboxylic acids is 1. The Bertz CT molecular complexity index is 1500. The number of benzene rings is 4. The van der Waals surface area contributed by atoms with Crippen LogP contribution in [-0.2, 0) is 16.1 Å². The summed E-state index contributed by atoms with van der Waals surface area (Å²) in [6.45, 7) is 6.60. The molecule has 1 heterocycles. The molecule has 1 aliphatic heterocycles. The Labute approximate surface area is 249 Å². The Morgan fingerprint density at radius 3 is 1.98 bits per heavy atom. The SMILES string of the molecule is CC/C=C1/C=CC(C(c2ccccc2)c2ccccc2)=CN1Cc1cccc(-c2cccc(O)c2)c1.CCOC(C)=O. The van der Waals surface area contributed by atoms with Crippen LogP contribution in [0.15, 0.2) is 145 Å². The maximum atomic E-state index is 9.94. The van der Waals surface area contributed by atoms with Crippen molar-refractivity contribution < 1.29 is 14.6 Å². The van der Waals surface area contributed by atoms with Gasteiger partial charge in [-0.3, -0.25) is 4.79 Å². The molecule has 0 aromatic heterocycles. The molecular weight excluding hydrogens is 518 g/mol. The van der Waals surface area contributed by atoms with Crippen molar-refractivity contribution in [1.82, 2.24) is 4.90 Å². The van der Waals surface area contributed by atoms with Gasteiger partial charge in [-0.15, -0.1) is 0 Å². The van der Waals surface area contributed by atoms with Gasteiger partial charge in [-0.05, 0) is 71.0 Å². The first-order chi connectivity index (χ1) is 20.5. The minimum atomic E-state index is -0.211. The van der Waals surface area contributed by atoms with Crippen molar-refractivity contribution in [2.45, 2.75) is 39.7 Å². The number of rotatable bonds is 8. The van der Waals surface area contributed by atoms with Crippen molar-refractivity contribution >= 4 is 5.97 Å². The highest BCUT2D eigenvalue weighted by molar-refractivity contribution is 5.66. The van der Waals surface area contributed by atoms with Gasteiger partial charge in [0.25, 0.3) is 0 Å². The van der Waals surface area contributed by atoms with Gasteiger partial charge in [-0.25, -0.2) is 0 Å². The molecule has 0 radical (unpaired) electrons. The monoisotopic (exact) mass is 557 g/mol. The predicted octanol–water partition coefficient (Wildman–Crippen LogP) is 9.01. The molecule has 4 aromatic carbocycles. The predicted molar refractivity (Wildman–Crippen MR) is 172 cm³/mol. The van der Waals surface area contributed by atoms with Crippen LogP contribution in [0.4, 0.5) is 0 Å². The number of esters is 1. The number of phenolic OH excluding ortho intramolecular Hbond substituents is 1. The van der Waals surface area contributed by atoms with Crippen LogP contribution < -0.4 is 0 Å². The van der Waals surface area contributed by atoms with E-state index in [2.05, 4.69) is 126 Å². The van der Waals surface area contributed by atoms with E-state index < -0.39 is 0 Å². The molecule has 0 fully saturated rings. The van der Waals surface area contributed by atoms with Gasteiger partial charge >= 0.3 is 5.97 Å². The van der Waals surface area contributed by atoms with E-state index in [0.29, 0.717) is 6.61 Å². The van der Waals surface area contributed by atoms with E-state index in [1.807, 2.05) is 18.2 Å². The van der Waals surface area contributed by atoms with Crippen LogP contribution in [-0.4, -0.2) is 22.6 Å². The average Bonchev–Trinajstić information content (AvgIpc) is 3.00. The smallest absolute Gasteiger partial charge is 0.302 e. The molecule has 0 saturated carbocycles. The summed E-state index contributed by atoms with van der Waals surface area (Å²) in [7, 11) is 0. The van der Waals surface area contributed by atoms with Gasteiger partial charge in [0, 0.05) is 31.3 Å². The van der Waals surface area contributed by atoms with E-state index in [0.717, 1.165) is 24.1 Å². The van der Waals surface area contributed by atoms with Gasteiger partial charge in [0.15, 0.2) is 0 Å². The number of nitrogens with zero attached hydrogens (tertiary/aromatic N) is 1. The highest BCUT2D eigenvalue weighted by atomic mass is 16.5. The zero-order valence-corrected chi connectivity index (χ0v) is 24.6. The Balaban J connectivity index is 0.000000612. The fraction of sp³-hybridized carbons (Fsp3) is 0.184. The van der Waals surface area contributed by atoms with E-state index in [-0.39, 0.29) is 17.6 Å². The topological polar surface area (TPSA) is 49.8 Å². The summed E-state index contributed by atoms with van der Waals surface area (Å²) in [6, 6.07) is 37.5. The van der Waals surface area contributed by atoms with Crippen LogP contribution in [0.1, 0.15) is 49.8 Å². The molecule has 0 atom stereocenters. The van der Waals surface area contributed by atoms with Crippen LogP contribution in [0, 0.1) is 0 Å². The van der Waals surface area contributed by atoms with E-state index in [1.54, 1.807) is 13.0 Å². The number of aromatic hydroxyl groups is 1. The Morgan fingerprint density at radius 1 is 0.810 bits per heavy atom. The van der Waals surface area contributed by atoms with Gasteiger partial charge in [0.05, 0.1) is 6.61 Å². The van der Waals surface area contributed by atoms with Crippen LogP contribution in [0.25, 0.3) is 11.1 Å². The number of hydrogen-bond donors (Lipinski definition) is 1. The summed E-state index contributed by atoms with van der Waals surface area (Å²) in [5.74, 6) is 0.234. The molecule has 4 nitrogen and oxygen atoms in total. The summed E-state index contributed by atoms with van der Waals surface area (Å²) in [6.07, 6.45) is 10.1. The van der Waals surface area contributed by atoms with Gasteiger partial charge in [-0.2, -0.15) is 0 Å². The quantitative estimate of drug-likeness (QED) is 0.220. The third-order valence-electron chi connectivity index (χ3n) is 6.90. The Kier molecular flexibility index (Phi) is 10.9. The lowest BCUT2D eigenvalue weighted by atomic mass is 9.84. The van der Waals surface area contributed by atoms with Crippen LogP contribution in [0.2, 0.25) is 0 Å². The standard InChI is InChI=1S/C34H31NO.C4H8O2/c1-2-11-32-21-20-31(34(27-13-5-3-6-14-27)28-15-7-4-8-16-28)25-35(32)24-26-12-9-17-29(22-26)30-18-10-19-33(36)23-30;1-3-6-4(2)5/h3-23,25,34,36H,2,24H2,1H3;3H2,1-2H3/b32-11-;. The van der Waals surface area contributed by atoms with Crippen LogP contribution in [0.5, 0.6) is 5.75 Å². The van der Waals surface area contributed by atoms with Gasteiger partial charge < -0.3 is 14.7 Å². The second-order valence-corrected chi connectivity index (χ2v) is 10.1. The van der Waals surface area contributed by atoms with E-state index in [9.17, 15) is 9.90 Å². The highest BCUT2D eigenvalue weighted by Crippen LogP contribution is 2.36. The van der Waals surface area contributed by atoms with Crippen LogP contribution in [0.3, 0.4) is 0 Å². The summed E-state index contributed by atoms with van der Waals surface area (Å²) < 4.78 is 4.40. The first-order valence-corrected chi connectivity index (χ1v) is 14.5. The van der Waals surface area contributed by atoms with Gasteiger partial charge in [0.2, 0.25) is 0 Å². The maximum Gasteiger partial charge on any atom is 0.302 e. The Hall–Kier alpha value is -4.83. The van der Waals surface area contributed by atoms with E-state index in [4.69, 9.17) is 0 Å². The summed E-state index contributed by atoms with van der Waals surface area (Å²) in [5.41, 5.74) is 8.40. The average molecular weight is 558 g/mol. The minimum Gasteiger partial charge on any atom is -0.508 e. The maximum absolute atomic E-state index is 9.94. The molecule has 5 rings (SSSR count). The van der Waals surface area contributed by atoms with Crippen molar-refractivity contribution in [2.75, 3.05) is 6.61 Å². The first kappa shape index (κ1) is 30.1. The molecule has 214 valence electrons. The number of carbonyl (C=O) groups is 1. The lowest BCUT2D eigenvalue weighted by Gasteiger charge is -2.30. The zero-order valence-electron chi connectivity index (χ0n) is 24.6. The molecule has 0 spiro atoms. The second kappa shape index (κ2) is 15.2. The molecule has 0 amide bonds. The number of ether oxygens (including phenoxy) is 1. The van der Waals surface area contributed by atoms with Crippen molar-refractivity contribution in [3.8, 4) is 16.9 Å². The van der Waals surface area contributed by atoms with Crippen LogP contribution >= 0.6 is 0 Å². The van der Waals surface area contributed by atoms with Crippen molar-refractivity contribution in [3.63, 3.8) is 0 Å². The molecule has 0 bridgehead atoms. The molecule has 1 aliphatic rings. The van der Waals surface area contributed by atoms with Gasteiger partial charge in [0.1, 0.15) is 5.75 Å². The Morgan fingerprint density at radius 2 is 1.43 bits per heavy atom. The number of allylic oxidation sites excluding steroid dienone is 4. The molecule has 4 heteroatoms. The van der Waals surface area contributed by atoms with Gasteiger partial charge in [-0.1, -0.05) is 110 Å². The molecule has 0 saturated heterocycles.